The first kappa shape index (κ1) is 11.7. The lowest BCUT2D eigenvalue weighted by atomic mass is 10.1. The van der Waals surface area contributed by atoms with Crippen molar-refractivity contribution in [2.45, 2.75) is 13.3 Å². The molecule has 0 bridgehead atoms. The maximum Gasteiger partial charge on any atom is 0.319 e. The molecule has 1 unspecified atom stereocenters. The molecule has 0 aromatic carbocycles. The van der Waals surface area contributed by atoms with Gasteiger partial charge in [0.1, 0.15) is 0 Å². The van der Waals surface area contributed by atoms with Crippen LogP contribution in [0.3, 0.4) is 0 Å². The van der Waals surface area contributed by atoms with Crippen molar-refractivity contribution in [1.82, 2.24) is 9.97 Å². The molecule has 5 heteroatoms. The Kier molecular flexibility index (Phi) is 4.30. The van der Waals surface area contributed by atoms with Crippen LogP contribution in [-0.4, -0.2) is 30.7 Å². The minimum Gasteiger partial charge on any atom is -0.481 e. The van der Waals surface area contributed by atoms with Crippen LogP contribution in [0.15, 0.2) is 6.07 Å². The number of aromatic nitrogens is 2. The molecule has 0 aliphatic heterocycles. The number of rotatable bonds is 5. The van der Waals surface area contributed by atoms with Gasteiger partial charge >= 0.3 is 6.01 Å². The molecule has 0 saturated carbocycles. The van der Waals surface area contributed by atoms with Crippen LogP contribution in [-0.2, 0) is 6.42 Å². The molecule has 1 aromatic heterocycles. The van der Waals surface area contributed by atoms with E-state index in [1.807, 2.05) is 0 Å². The standard InChI is InChI=1S/C10H17N3O2/c1-7(6-11)4-8-5-9(14-2)13-10(12-8)15-3/h5,7H,4,6,11H2,1-3H3. The molecule has 1 atom stereocenters. The topological polar surface area (TPSA) is 70.3 Å². The Bertz CT molecular complexity index is 295. The van der Waals surface area contributed by atoms with E-state index in [4.69, 9.17) is 15.2 Å². The molecule has 0 aliphatic rings. The van der Waals surface area contributed by atoms with Gasteiger partial charge in [-0.3, -0.25) is 0 Å². The number of hydrogen-bond acceptors (Lipinski definition) is 5. The molecule has 1 aromatic rings. The number of methoxy groups -OCH3 is 2. The van der Waals surface area contributed by atoms with Crippen LogP contribution in [0, 0.1) is 5.92 Å². The lowest BCUT2D eigenvalue weighted by Crippen LogP contribution is -2.14. The van der Waals surface area contributed by atoms with Crippen molar-refractivity contribution in [3.05, 3.63) is 11.8 Å². The summed E-state index contributed by atoms with van der Waals surface area (Å²) in [5.41, 5.74) is 6.44. The molecule has 5 nitrogen and oxygen atoms in total. The van der Waals surface area contributed by atoms with Gasteiger partial charge in [-0.05, 0) is 18.9 Å². The van der Waals surface area contributed by atoms with Gasteiger partial charge in [-0.25, -0.2) is 4.98 Å². The minimum atomic E-state index is 0.327. The normalized spacial score (nSPS) is 12.3. The summed E-state index contributed by atoms with van der Waals surface area (Å²) < 4.78 is 10.0. The van der Waals surface area contributed by atoms with Gasteiger partial charge in [-0.2, -0.15) is 4.98 Å². The van der Waals surface area contributed by atoms with Crippen LogP contribution in [0.2, 0.25) is 0 Å². The highest BCUT2D eigenvalue weighted by Gasteiger charge is 2.08. The largest absolute Gasteiger partial charge is 0.481 e. The van der Waals surface area contributed by atoms with Gasteiger partial charge in [0.15, 0.2) is 0 Å². The predicted octanol–water partition coefficient (Wildman–Crippen LogP) is 0.631. The van der Waals surface area contributed by atoms with E-state index in [0.29, 0.717) is 24.4 Å². The summed E-state index contributed by atoms with van der Waals surface area (Å²) in [6.45, 7) is 2.70. The smallest absolute Gasteiger partial charge is 0.319 e. The van der Waals surface area contributed by atoms with Crippen LogP contribution in [0.4, 0.5) is 0 Å². The number of nitrogens with zero attached hydrogens (tertiary/aromatic N) is 2. The summed E-state index contributed by atoms with van der Waals surface area (Å²) in [6.07, 6.45) is 0.797. The Morgan fingerprint density at radius 2 is 2.07 bits per heavy atom. The summed E-state index contributed by atoms with van der Waals surface area (Å²) in [7, 11) is 3.10. The average molecular weight is 211 g/mol. The maximum atomic E-state index is 5.56. The third kappa shape index (κ3) is 3.36. The van der Waals surface area contributed by atoms with Crippen LogP contribution in [0.25, 0.3) is 0 Å². The third-order valence-corrected chi connectivity index (χ3v) is 2.09. The monoisotopic (exact) mass is 211 g/mol. The van der Waals surface area contributed by atoms with Crippen molar-refractivity contribution in [1.29, 1.82) is 0 Å². The predicted molar refractivity (Wildman–Crippen MR) is 57.1 cm³/mol. The Hall–Kier alpha value is -1.36. The highest BCUT2D eigenvalue weighted by Crippen LogP contribution is 2.15. The van der Waals surface area contributed by atoms with Crippen molar-refractivity contribution in [3.8, 4) is 11.9 Å². The molecule has 0 radical (unpaired) electrons. The van der Waals surface area contributed by atoms with Crippen molar-refractivity contribution in [3.63, 3.8) is 0 Å². The second kappa shape index (κ2) is 5.50. The quantitative estimate of drug-likeness (QED) is 0.773. The fourth-order valence-corrected chi connectivity index (χ4v) is 1.19. The van der Waals surface area contributed by atoms with Gasteiger partial charge in [0.25, 0.3) is 0 Å². The van der Waals surface area contributed by atoms with Gasteiger partial charge in [-0.15, -0.1) is 0 Å². The zero-order chi connectivity index (χ0) is 11.3. The lowest BCUT2D eigenvalue weighted by molar-refractivity contribution is 0.349. The summed E-state index contributed by atoms with van der Waals surface area (Å²) in [5.74, 6) is 0.899. The minimum absolute atomic E-state index is 0.327. The Balaban J connectivity index is 2.86. The molecular weight excluding hydrogens is 194 g/mol. The fourth-order valence-electron chi connectivity index (χ4n) is 1.19. The van der Waals surface area contributed by atoms with E-state index in [0.717, 1.165) is 12.1 Å². The molecule has 84 valence electrons. The molecule has 15 heavy (non-hydrogen) atoms. The van der Waals surface area contributed by atoms with E-state index in [1.165, 1.54) is 7.11 Å². The molecule has 0 amide bonds. The second-order valence-electron chi connectivity index (χ2n) is 3.43. The van der Waals surface area contributed by atoms with E-state index in [-0.39, 0.29) is 0 Å². The Labute approximate surface area is 89.6 Å². The van der Waals surface area contributed by atoms with E-state index in [2.05, 4.69) is 16.9 Å². The van der Waals surface area contributed by atoms with Crippen LogP contribution >= 0.6 is 0 Å². The van der Waals surface area contributed by atoms with E-state index in [9.17, 15) is 0 Å². The van der Waals surface area contributed by atoms with Crippen LogP contribution < -0.4 is 15.2 Å². The molecule has 1 rings (SSSR count). The molecule has 0 fully saturated rings. The van der Waals surface area contributed by atoms with Crippen molar-refractivity contribution in [2.75, 3.05) is 20.8 Å². The van der Waals surface area contributed by atoms with Crippen molar-refractivity contribution < 1.29 is 9.47 Å². The van der Waals surface area contributed by atoms with Gasteiger partial charge in [0.05, 0.1) is 19.9 Å². The highest BCUT2D eigenvalue weighted by atomic mass is 16.5. The maximum absolute atomic E-state index is 5.56. The summed E-state index contributed by atoms with van der Waals surface area (Å²) >= 11 is 0. The van der Waals surface area contributed by atoms with Gasteiger partial charge in [-0.1, -0.05) is 6.92 Å². The second-order valence-corrected chi connectivity index (χ2v) is 3.43. The summed E-state index contributed by atoms with van der Waals surface area (Å²) in [6, 6.07) is 2.13. The van der Waals surface area contributed by atoms with E-state index in [1.54, 1.807) is 13.2 Å². The number of hydrogen-bond donors (Lipinski definition) is 1. The van der Waals surface area contributed by atoms with Gasteiger partial charge in [0, 0.05) is 6.07 Å². The summed E-state index contributed by atoms with van der Waals surface area (Å²) in [5, 5.41) is 0. The Morgan fingerprint density at radius 3 is 2.60 bits per heavy atom. The van der Waals surface area contributed by atoms with Crippen LogP contribution in [0.5, 0.6) is 11.9 Å². The molecular formula is C10H17N3O2. The van der Waals surface area contributed by atoms with Gasteiger partial charge in [0.2, 0.25) is 5.88 Å². The third-order valence-electron chi connectivity index (χ3n) is 2.09. The SMILES string of the molecule is COc1cc(CC(C)CN)nc(OC)n1. The average Bonchev–Trinajstić information content (AvgIpc) is 2.28. The molecule has 2 N–H and O–H groups in total. The summed E-state index contributed by atoms with van der Waals surface area (Å²) in [4.78, 5) is 8.24. The van der Waals surface area contributed by atoms with Crippen molar-refractivity contribution >= 4 is 0 Å². The Morgan fingerprint density at radius 1 is 1.33 bits per heavy atom. The van der Waals surface area contributed by atoms with E-state index < -0.39 is 0 Å². The fraction of sp³-hybridized carbons (Fsp3) is 0.600. The zero-order valence-corrected chi connectivity index (χ0v) is 9.36. The molecule has 0 spiro atoms. The molecule has 1 heterocycles. The first-order valence-corrected chi connectivity index (χ1v) is 4.85. The zero-order valence-electron chi connectivity index (χ0n) is 9.36. The van der Waals surface area contributed by atoms with Gasteiger partial charge < -0.3 is 15.2 Å². The van der Waals surface area contributed by atoms with Crippen LogP contribution in [0.1, 0.15) is 12.6 Å². The number of ether oxygens (including phenoxy) is 2. The van der Waals surface area contributed by atoms with Crippen molar-refractivity contribution in [2.24, 2.45) is 11.7 Å². The highest BCUT2D eigenvalue weighted by molar-refractivity contribution is 5.19. The first-order chi connectivity index (χ1) is 7.19. The molecule has 0 saturated heterocycles. The van der Waals surface area contributed by atoms with E-state index >= 15 is 0 Å². The first-order valence-electron chi connectivity index (χ1n) is 4.85. The lowest BCUT2D eigenvalue weighted by Gasteiger charge is -2.09. The number of nitrogens with two attached hydrogens (primary N) is 1. The molecule has 0 aliphatic carbocycles.